The van der Waals surface area contributed by atoms with Crippen LogP contribution in [-0.2, 0) is 4.74 Å². The molecule has 0 amide bonds. The van der Waals surface area contributed by atoms with Gasteiger partial charge in [0, 0.05) is 39.4 Å². The Morgan fingerprint density at radius 1 is 1.23 bits per heavy atom. The first-order valence-electron chi connectivity index (χ1n) is 8.51. The van der Waals surface area contributed by atoms with Crippen molar-refractivity contribution in [2.75, 3.05) is 53.5 Å². The minimum atomic E-state index is 0.173. The number of nitrogens with one attached hydrogen (secondary N) is 2. The summed E-state index contributed by atoms with van der Waals surface area (Å²) in [6.07, 6.45) is 0.998. The molecule has 0 fully saturated rings. The van der Waals surface area contributed by atoms with Crippen LogP contribution in [0.1, 0.15) is 41.0 Å². The molecule has 0 saturated carbocycles. The number of nitrogens with zero attached hydrogens (tertiary/aromatic N) is 2. The van der Waals surface area contributed by atoms with E-state index in [0.717, 1.165) is 51.8 Å². The molecule has 132 valence electrons. The molecule has 0 radical (unpaired) electrons. The summed E-state index contributed by atoms with van der Waals surface area (Å²) in [7, 11) is 4.21. The van der Waals surface area contributed by atoms with Crippen LogP contribution in [0.25, 0.3) is 0 Å². The number of guanidine groups is 1. The van der Waals surface area contributed by atoms with Crippen molar-refractivity contribution >= 4 is 5.96 Å². The highest BCUT2D eigenvalue weighted by molar-refractivity contribution is 5.79. The molecule has 0 unspecified atom stereocenters. The summed E-state index contributed by atoms with van der Waals surface area (Å²) in [5.74, 6) is 1.50. The monoisotopic (exact) mass is 314 g/mol. The van der Waals surface area contributed by atoms with Crippen LogP contribution in [0.4, 0.5) is 0 Å². The molecule has 0 aromatic rings. The second-order valence-corrected chi connectivity index (χ2v) is 7.35. The quantitative estimate of drug-likeness (QED) is 0.349. The third-order valence-corrected chi connectivity index (χ3v) is 2.96. The van der Waals surface area contributed by atoms with Crippen molar-refractivity contribution in [2.24, 2.45) is 16.3 Å². The molecule has 2 N–H and O–H groups in total. The Morgan fingerprint density at radius 3 is 2.45 bits per heavy atom. The van der Waals surface area contributed by atoms with Crippen molar-refractivity contribution < 1.29 is 4.74 Å². The van der Waals surface area contributed by atoms with Crippen molar-refractivity contribution in [2.45, 2.75) is 41.0 Å². The Bertz CT molecular complexity index is 301. The Labute approximate surface area is 137 Å². The summed E-state index contributed by atoms with van der Waals surface area (Å²) < 4.78 is 5.59. The SMILES string of the molecule is CCNC(=NCC(C)(C)CN(C)C)NCCCOCC(C)C. The van der Waals surface area contributed by atoms with Crippen LogP contribution in [0, 0.1) is 11.3 Å². The predicted molar refractivity (Wildman–Crippen MR) is 96.6 cm³/mol. The molecule has 0 rings (SSSR count). The summed E-state index contributed by atoms with van der Waals surface area (Å²) in [6.45, 7) is 16.2. The summed E-state index contributed by atoms with van der Waals surface area (Å²) >= 11 is 0. The molecule has 0 aliphatic heterocycles. The Morgan fingerprint density at radius 2 is 1.91 bits per heavy atom. The van der Waals surface area contributed by atoms with Crippen molar-refractivity contribution in [3.63, 3.8) is 0 Å². The molecule has 0 heterocycles. The summed E-state index contributed by atoms with van der Waals surface area (Å²) in [4.78, 5) is 6.92. The fraction of sp³-hybridized carbons (Fsp3) is 0.941. The zero-order chi connectivity index (χ0) is 17.0. The van der Waals surface area contributed by atoms with Gasteiger partial charge in [0.15, 0.2) is 5.96 Å². The van der Waals surface area contributed by atoms with Gasteiger partial charge in [-0.3, -0.25) is 4.99 Å². The lowest BCUT2D eigenvalue weighted by atomic mass is 9.93. The molecule has 0 aromatic heterocycles. The summed E-state index contributed by atoms with van der Waals surface area (Å²) in [5, 5.41) is 6.68. The number of hydrogen-bond acceptors (Lipinski definition) is 3. The van der Waals surface area contributed by atoms with Crippen molar-refractivity contribution in [3.8, 4) is 0 Å². The smallest absolute Gasteiger partial charge is 0.191 e. The molecular weight excluding hydrogens is 276 g/mol. The maximum atomic E-state index is 5.59. The largest absolute Gasteiger partial charge is 0.381 e. The van der Waals surface area contributed by atoms with E-state index in [2.05, 4.69) is 64.2 Å². The van der Waals surface area contributed by atoms with Crippen LogP contribution in [0.3, 0.4) is 0 Å². The molecule has 0 atom stereocenters. The minimum absolute atomic E-state index is 0.173. The number of ether oxygens (including phenoxy) is 1. The van der Waals surface area contributed by atoms with E-state index in [1.54, 1.807) is 0 Å². The maximum Gasteiger partial charge on any atom is 0.191 e. The first kappa shape index (κ1) is 21.2. The fourth-order valence-electron chi connectivity index (χ4n) is 2.24. The molecule has 0 saturated heterocycles. The van der Waals surface area contributed by atoms with E-state index in [-0.39, 0.29) is 5.41 Å². The van der Waals surface area contributed by atoms with Gasteiger partial charge in [-0.25, -0.2) is 0 Å². The van der Waals surface area contributed by atoms with E-state index >= 15 is 0 Å². The lowest BCUT2D eigenvalue weighted by Crippen LogP contribution is -2.39. The van der Waals surface area contributed by atoms with Gasteiger partial charge in [-0.05, 0) is 38.8 Å². The molecule has 0 bridgehead atoms. The molecule has 22 heavy (non-hydrogen) atoms. The van der Waals surface area contributed by atoms with E-state index in [1.165, 1.54) is 0 Å². The van der Waals surface area contributed by atoms with Gasteiger partial charge in [-0.15, -0.1) is 0 Å². The Kier molecular flexibility index (Phi) is 11.3. The first-order chi connectivity index (χ1) is 10.3. The second kappa shape index (κ2) is 11.7. The molecule has 0 aromatic carbocycles. The third kappa shape index (κ3) is 12.9. The summed E-state index contributed by atoms with van der Waals surface area (Å²) in [5.41, 5.74) is 0.173. The highest BCUT2D eigenvalue weighted by Crippen LogP contribution is 2.15. The van der Waals surface area contributed by atoms with Gasteiger partial charge in [-0.2, -0.15) is 0 Å². The van der Waals surface area contributed by atoms with E-state index in [1.807, 2.05) is 0 Å². The number of hydrogen-bond donors (Lipinski definition) is 2. The zero-order valence-electron chi connectivity index (χ0n) is 15.8. The zero-order valence-corrected chi connectivity index (χ0v) is 15.8. The Hall–Kier alpha value is -0.810. The standard InChI is InChI=1S/C17H38N4O/c1-8-18-16(19-10-9-11-22-12-15(2)3)20-13-17(4,5)14-21(6)7/h15H,8-14H2,1-7H3,(H2,18,19,20). The normalized spacial score (nSPS) is 13.0. The lowest BCUT2D eigenvalue weighted by Gasteiger charge is -2.26. The van der Waals surface area contributed by atoms with Crippen LogP contribution in [-0.4, -0.2) is 64.3 Å². The van der Waals surface area contributed by atoms with Crippen LogP contribution in [0.15, 0.2) is 4.99 Å². The van der Waals surface area contributed by atoms with E-state index in [9.17, 15) is 0 Å². The van der Waals surface area contributed by atoms with Gasteiger partial charge in [0.25, 0.3) is 0 Å². The van der Waals surface area contributed by atoms with E-state index < -0.39 is 0 Å². The third-order valence-electron chi connectivity index (χ3n) is 2.96. The van der Waals surface area contributed by atoms with Crippen LogP contribution >= 0.6 is 0 Å². The van der Waals surface area contributed by atoms with Gasteiger partial charge in [0.1, 0.15) is 0 Å². The number of rotatable bonds is 11. The highest BCUT2D eigenvalue weighted by atomic mass is 16.5. The van der Waals surface area contributed by atoms with Crippen LogP contribution in [0.2, 0.25) is 0 Å². The molecule has 0 aliphatic rings. The van der Waals surface area contributed by atoms with Gasteiger partial charge in [0.2, 0.25) is 0 Å². The lowest BCUT2D eigenvalue weighted by molar-refractivity contribution is 0.108. The predicted octanol–water partition coefficient (Wildman–Crippen LogP) is 2.19. The Balaban J connectivity index is 4.10. The van der Waals surface area contributed by atoms with Crippen molar-refractivity contribution in [3.05, 3.63) is 0 Å². The summed E-state index contributed by atoms with van der Waals surface area (Å²) in [6, 6.07) is 0. The maximum absolute atomic E-state index is 5.59. The van der Waals surface area contributed by atoms with Gasteiger partial charge >= 0.3 is 0 Å². The van der Waals surface area contributed by atoms with Crippen LogP contribution in [0.5, 0.6) is 0 Å². The van der Waals surface area contributed by atoms with Crippen LogP contribution < -0.4 is 10.6 Å². The topological polar surface area (TPSA) is 48.9 Å². The number of aliphatic imine (C=N–C) groups is 1. The average molecular weight is 315 g/mol. The highest BCUT2D eigenvalue weighted by Gasteiger charge is 2.18. The van der Waals surface area contributed by atoms with Crippen molar-refractivity contribution in [1.29, 1.82) is 0 Å². The molecule has 0 spiro atoms. The van der Waals surface area contributed by atoms with E-state index in [0.29, 0.717) is 5.92 Å². The van der Waals surface area contributed by atoms with E-state index in [4.69, 9.17) is 9.73 Å². The van der Waals surface area contributed by atoms with Gasteiger partial charge in [0.05, 0.1) is 0 Å². The molecule has 5 nitrogen and oxygen atoms in total. The minimum Gasteiger partial charge on any atom is -0.381 e. The molecular formula is C17H38N4O. The average Bonchev–Trinajstić information content (AvgIpc) is 2.38. The molecule has 5 heteroatoms. The first-order valence-corrected chi connectivity index (χ1v) is 8.51. The van der Waals surface area contributed by atoms with Gasteiger partial charge in [-0.1, -0.05) is 27.7 Å². The fourth-order valence-corrected chi connectivity index (χ4v) is 2.24. The van der Waals surface area contributed by atoms with Crippen molar-refractivity contribution in [1.82, 2.24) is 15.5 Å². The molecule has 0 aliphatic carbocycles. The second-order valence-electron chi connectivity index (χ2n) is 7.35. The van der Waals surface area contributed by atoms with Gasteiger partial charge < -0.3 is 20.3 Å².